The van der Waals surface area contributed by atoms with E-state index in [1.54, 1.807) is 13.2 Å². The number of amides is 1. The lowest BCUT2D eigenvalue weighted by molar-refractivity contribution is -0.119. The Kier molecular flexibility index (Phi) is 3.71. The van der Waals surface area contributed by atoms with Crippen molar-refractivity contribution in [3.8, 4) is 0 Å². The van der Waals surface area contributed by atoms with E-state index >= 15 is 0 Å². The van der Waals surface area contributed by atoms with Crippen LogP contribution in [0.2, 0.25) is 0 Å². The first kappa shape index (κ1) is 13.4. The molecule has 0 unspecified atom stereocenters. The highest BCUT2D eigenvalue weighted by Gasteiger charge is 2.54. The number of oxime groups is 1. The number of carbonyl (C=O) groups is 1. The molecular weight excluding hydrogens is 246 g/mol. The Balaban J connectivity index is 2.09. The SMILES string of the molecule is COCc1cccc(NC(=O)C2(/C(N)=N/O)CC2)c1. The zero-order chi connectivity index (χ0) is 13.9. The number of hydrogen-bond donors (Lipinski definition) is 3. The van der Waals surface area contributed by atoms with Crippen molar-refractivity contribution in [1.82, 2.24) is 0 Å². The number of anilines is 1. The van der Waals surface area contributed by atoms with E-state index in [0.29, 0.717) is 25.1 Å². The molecule has 1 saturated carbocycles. The molecule has 19 heavy (non-hydrogen) atoms. The average Bonchev–Trinajstić information content (AvgIpc) is 3.20. The molecule has 0 bridgehead atoms. The van der Waals surface area contributed by atoms with Crippen molar-refractivity contribution < 1.29 is 14.7 Å². The minimum atomic E-state index is -0.841. The normalized spacial score (nSPS) is 17.0. The van der Waals surface area contributed by atoms with Crippen molar-refractivity contribution in [3.05, 3.63) is 29.8 Å². The van der Waals surface area contributed by atoms with Gasteiger partial charge in [0.05, 0.1) is 6.61 Å². The molecule has 6 nitrogen and oxygen atoms in total. The lowest BCUT2D eigenvalue weighted by Crippen LogP contribution is -2.36. The van der Waals surface area contributed by atoms with E-state index in [4.69, 9.17) is 15.7 Å². The van der Waals surface area contributed by atoms with Gasteiger partial charge in [0.15, 0.2) is 5.84 Å². The van der Waals surface area contributed by atoms with E-state index in [1.807, 2.05) is 18.2 Å². The number of benzene rings is 1. The average molecular weight is 263 g/mol. The molecule has 1 aliphatic carbocycles. The molecule has 0 saturated heterocycles. The number of nitrogens with zero attached hydrogens (tertiary/aromatic N) is 1. The van der Waals surface area contributed by atoms with Crippen molar-refractivity contribution in [1.29, 1.82) is 0 Å². The zero-order valence-electron chi connectivity index (χ0n) is 10.7. The van der Waals surface area contributed by atoms with E-state index in [-0.39, 0.29) is 11.7 Å². The first-order valence-corrected chi connectivity index (χ1v) is 6.00. The van der Waals surface area contributed by atoms with Gasteiger partial charge in [0.25, 0.3) is 0 Å². The van der Waals surface area contributed by atoms with Crippen LogP contribution in [-0.4, -0.2) is 24.1 Å². The molecule has 6 heteroatoms. The van der Waals surface area contributed by atoms with Gasteiger partial charge < -0.3 is 21.0 Å². The van der Waals surface area contributed by atoms with Gasteiger partial charge in [-0.05, 0) is 30.5 Å². The maximum atomic E-state index is 12.2. The number of methoxy groups -OCH3 is 1. The van der Waals surface area contributed by atoms with Crippen LogP contribution in [0, 0.1) is 5.41 Å². The van der Waals surface area contributed by atoms with Gasteiger partial charge in [0.2, 0.25) is 5.91 Å². The van der Waals surface area contributed by atoms with Crippen LogP contribution in [0.4, 0.5) is 5.69 Å². The van der Waals surface area contributed by atoms with E-state index in [2.05, 4.69) is 10.5 Å². The van der Waals surface area contributed by atoms with Gasteiger partial charge in [0.1, 0.15) is 5.41 Å². The second-order valence-corrected chi connectivity index (χ2v) is 4.65. The first-order valence-electron chi connectivity index (χ1n) is 6.00. The van der Waals surface area contributed by atoms with E-state index < -0.39 is 5.41 Å². The molecule has 0 radical (unpaired) electrons. The van der Waals surface area contributed by atoms with Crippen LogP contribution in [0.5, 0.6) is 0 Å². The highest BCUT2D eigenvalue weighted by molar-refractivity contribution is 6.14. The van der Waals surface area contributed by atoms with Gasteiger partial charge in [0, 0.05) is 12.8 Å². The van der Waals surface area contributed by atoms with Gasteiger partial charge in [-0.2, -0.15) is 0 Å². The Morgan fingerprint density at radius 2 is 2.32 bits per heavy atom. The highest BCUT2D eigenvalue weighted by Crippen LogP contribution is 2.46. The van der Waals surface area contributed by atoms with E-state index in [9.17, 15) is 4.79 Å². The van der Waals surface area contributed by atoms with E-state index in [0.717, 1.165) is 5.56 Å². The van der Waals surface area contributed by atoms with Gasteiger partial charge in [-0.3, -0.25) is 4.79 Å². The summed E-state index contributed by atoms with van der Waals surface area (Å²) in [5.41, 5.74) is 6.37. The summed E-state index contributed by atoms with van der Waals surface area (Å²) in [6, 6.07) is 7.38. The van der Waals surface area contributed by atoms with Crippen molar-refractivity contribution in [3.63, 3.8) is 0 Å². The number of nitrogens with one attached hydrogen (secondary N) is 1. The molecule has 0 spiro atoms. The van der Waals surface area contributed by atoms with Crippen LogP contribution in [0.25, 0.3) is 0 Å². The van der Waals surface area contributed by atoms with Crippen LogP contribution in [0.15, 0.2) is 29.4 Å². The summed E-state index contributed by atoms with van der Waals surface area (Å²) in [6.07, 6.45) is 1.21. The topological polar surface area (TPSA) is 96.9 Å². The summed E-state index contributed by atoms with van der Waals surface area (Å²) in [7, 11) is 1.61. The summed E-state index contributed by atoms with van der Waals surface area (Å²) >= 11 is 0. The minimum absolute atomic E-state index is 0.0296. The molecule has 1 aromatic carbocycles. The number of rotatable bonds is 5. The third kappa shape index (κ3) is 2.68. The lowest BCUT2D eigenvalue weighted by atomic mass is 10.0. The van der Waals surface area contributed by atoms with Crippen LogP contribution in [-0.2, 0) is 16.1 Å². The van der Waals surface area contributed by atoms with Gasteiger partial charge in [-0.25, -0.2) is 0 Å². The predicted molar refractivity (Wildman–Crippen MR) is 70.9 cm³/mol. The van der Waals surface area contributed by atoms with Crippen molar-refractivity contribution in [2.75, 3.05) is 12.4 Å². The molecule has 0 atom stereocenters. The zero-order valence-corrected chi connectivity index (χ0v) is 10.7. The van der Waals surface area contributed by atoms with Crippen LogP contribution in [0.1, 0.15) is 18.4 Å². The maximum absolute atomic E-state index is 12.2. The monoisotopic (exact) mass is 263 g/mol. The molecule has 102 valence electrons. The maximum Gasteiger partial charge on any atom is 0.238 e. The standard InChI is InChI=1S/C13H17N3O3/c1-19-8-9-3-2-4-10(7-9)15-12(17)13(5-6-13)11(14)16-18/h2-4,7,18H,5-6,8H2,1H3,(H2,14,16)(H,15,17). The molecule has 0 aliphatic heterocycles. The minimum Gasteiger partial charge on any atom is -0.409 e. The molecule has 2 rings (SSSR count). The first-order chi connectivity index (χ1) is 9.12. The Morgan fingerprint density at radius 3 is 2.89 bits per heavy atom. The largest absolute Gasteiger partial charge is 0.409 e. The third-order valence-electron chi connectivity index (χ3n) is 3.28. The van der Waals surface area contributed by atoms with Crippen molar-refractivity contribution in [2.45, 2.75) is 19.4 Å². The summed E-state index contributed by atoms with van der Waals surface area (Å²) in [5.74, 6) is -0.268. The summed E-state index contributed by atoms with van der Waals surface area (Å²) in [5, 5.41) is 14.4. The lowest BCUT2D eigenvalue weighted by Gasteiger charge is -2.14. The molecule has 0 heterocycles. The van der Waals surface area contributed by atoms with Crippen molar-refractivity contribution >= 4 is 17.4 Å². The molecular formula is C13H17N3O3. The number of nitrogens with two attached hydrogens (primary N) is 1. The quantitative estimate of drug-likeness (QED) is 0.323. The van der Waals surface area contributed by atoms with Gasteiger partial charge in [-0.15, -0.1) is 0 Å². The number of carbonyl (C=O) groups excluding carboxylic acids is 1. The summed E-state index contributed by atoms with van der Waals surface area (Å²) in [4.78, 5) is 12.2. The van der Waals surface area contributed by atoms with Crippen LogP contribution < -0.4 is 11.1 Å². The molecule has 1 amide bonds. The van der Waals surface area contributed by atoms with Crippen LogP contribution in [0.3, 0.4) is 0 Å². The number of amidine groups is 1. The molecule has 0 aromatic heterocycles. The summed E-state index contributed by atoms with van der Waals surface area (Å²) in [6.45, 7) is 0.481. The molecule has 4 N–H and O–H groups in total. The summed E-state index contributed by atoms with van der Waals surface area (Å²) < 4.78 is 5.04. The highest BCUT2D eigenvalue weighted by atomic mass is 16.5. The fourth-order valence-electron chi connectivity index (χ4n) is 1.98. The predicted octanol–water partition coefficient (Wildman–Crippen LogP) is 1.30. The smallest absolute Gasteiger partial charge is 0.238 e. The second-order valence-electron chi connectivity index (χ2n) is 4.65. The van der Waals surface area contributed by atoms with Crippen molar-refractivity contribution in [2.24, 2.45) is 16.3 Å². The Bertz CT molecular complexity index is 510. The fourth-order valence-corrected chi connectivity index (χ4v) is 1.98. The second kappa shape index (κ2) is 5.27. The molecule has 1 aliphatic rings. The van der Waals surface area contributed by atoms with Crippen LogP contribution >= 0.6 is 0 Å². The third-order valence-corrected chi connectivity index (χ3v) is 3.28. The Labute approximate surface area is 111 Å². The number of ether oxygens (including phenoxy) is 1. The fraction of sp³-hybridized carbons (Fsp3) is 0.385. The van der Waals surface area contributed by atoms with E-state index in [1.165, 1.54) is 0 Å². The van der Waals surface area contributed by atoms with Gasteiger partial charge in [-0.1, -0.05) is 17.3 Å². The number of hydrogen-bond acceptors (Lipinski definition) is 4. The Hall–Kier alpha value is -2.08. The van der Waals surface area contributed by atoms with Gasteiger partial charge >= 0.3 is 0 Å². The molecule has 1 fully saturated rings. The Morgan fingerprint density at radius 1 is 1.58 bits per heavy atom. The molecule has 1 aromatic rings.